The number of aromatic amines is 1. The number of nitrogens with one attached hydrogen (secondary N) is 2. The average molecular weight is 429 g/mol. The third-order valence-electron chi connectivity index (χ3n) is 5.83. The normalized spacial score (nSPS) is 17.9. The van der Waals surface area contributed by atoms with Crippen LogP contribution in [0.3, 0.4) is 0 Å². The summed E-state index contributed by atoms with van der Waals surface area (Å²) < 4.78 is 17.4. The molecule has 1 fully saturated rings. The van der Waals surface area contributed by atoms with Gasteiger partial charge in [-0.25, -0.2) is 4.98 Å². The van der Waals surface area contributed by atoms with Crippen LogP contribution in [0.15, 0.2) is 48.8 Å². The molecule has 8 heteroatoms. The summed E-state index contributed by atoms with van der Waals surface area (Å²) in [7, 11) is 0. The van der Waals surface area contributed by atoms with Crippen LogP contribution in [0.25, 0.3) is 33.4 Å². The fraction of sp³-hybridized carbons (Fsp3) is 0.292. The Morgan fingerprint density at radius 1 is 0.969 bits per heavy atom. The third-order valence-corrected chi connectivity index (χ3v) is 5.83. The van der Waals surface area contributed by atoms with Crippen LogP contribution in [-0.2, 0) is 0 Å². The van der Waals surface area contributed by atoms with E-state index in [1.165, 1.54) is 0 Å². The van der Waals surface area contributed by atoms with Crippen molar-refractivity contribution < 1.29 is 14.2 Å². The van der Waals surface area contributed by atoms with E-state index in [4.69, 9.17) is 14.2 Å². The van der Waals surface area contributed by atoms with Crippen LogP contribution in [0, 0.1) is 0 Å². The van der Waals surface area contributed by atoms with Gasteiger partial charge in [-0.1, -0.05) is 12.1 Å². The second kappa shape index (κ2) is 8.12. The van der Waals surface area contributed by atoms with Crippen molar-refractivity contribution in [3.05, 3.63) is 48.8 Å². The van der Waals surface area contributed by atoms with Crippen molar-refractivity contribution in [1.82, 2.24) is 25.5 Å². The van der Waals surface area contributed by atoms with E-state index in [0.717, 1.165) is 65.2 Å². The zero-order chi connectivity index (χ0) is 21.3. The van der Waals surface area contributed by atoms with Gasteiger partial charge in [0.2, 0.25) is 5.88 Å². The van der Waals surface area contributed by atoms with Crippen molar-refractivity contribution in [2.75, 3.05) is 26.3 Å². The maximum Gasteiger partial charge on any atom is 0.233 e. The Morgan fingerprint density at radius 3 is 2.75 bits per heavy atom. The predicted molar refractivity (Wildman–Crippen MR) is 120 cm³/mol. The Kier molecular flexibility index (Phi) is 4.84. The highest BCUT2D eigenvalue weighted by Gasteiger charge is 2.18. The van der Waals surface area contributed by atoms with Gasteiger partial charge in [0.25, 0.3) is 0 Å². The molecule has 8 nitrogen and oxygen atoms in total. The Hall–Kier alpha value is -3.65. The van der Waals surface area contributed by atoms with E-state index in [2.05, 4.69) is 37.6 Å². The molecule has 2 N–H and O–H groups in total. The molecule has 1 atom stereocenters. The van der Waals surface area contributed by atoms with Crippen molar-refractivity contribution in [3.8, 4) is 39.9 Å². The zero-order valence-corrected chi connectivity index (χ0v) is 17.5. The molecule has 0 spiro atoms. The molecule has 2 aliphatic rings. The van der Waals surface area contributed by atoms with Crippen LogP contribution in [0.4, 0.5) is 0 Å². The van der Waals surface area contributed by atoms with E-state index in [1.54, 1.807) is 12.4 Å². The van der Waals surface area contributed by atoms with E-state index < -0.39 is 0 Å². The Bertz CT molecular complexity index is 1270. The topological polar surface area (TPSA) is 94.2 Å². The van der Waals surface area contributed by atoms with Gasteiger partial charge in [0, 0.05) is 11.9 Å². The van der Waals surface area contributed by atoms with Crippen LogP contribution in [-0.4, -0.2) is 52.6 Å². The predicted octanol–water partition coefficient (Wildman–Crippen LogP) is 3.59. The molecule has 0 radical (unpaired) electrons. The van der Waals surface area contributed by atoms with Crippen LogP contribution >= 0.6 is 0 Å². The molecule has 2 aliphatic heterocycles. The lowest BCUT2D eigenvalue weighted by Crippen LogP contribution is -2.37. The molecule has 2 aromatic heterocycles. The summed E-state index contributed by atoms with van der Waals surface area (Å²) in [6, 6.07) is 12.2. The number of fused-ring (bicyclic) bond motifs is 2. The SMILES string of the molecule is c1cc2c(cc1-c1ccc3[nH]nc(-c4cncc(O[C@@H]5CCCNC5)n4)c3c1)OCCO2. The Labute approximate surface area is 184 Å². The molecule has 1 saturated heterocycles. The van der Waals surface area contributed by atoms with Crippen molar-refractivity contribution in [1.29, 1.82) is 0 Å². The maximum absolute atomic E-state index is 6.05. The third kappa shape index (κ3) is 3.62. The molecule has 0 amide bonds. The molecule has 0 saturated carbocycles. The summed E-state index contributed by atoms with van der Waals surface area (Å²) in [4.78, 5) is 9.04. The Balaban J connectivity index is 1.34. The number of hydrogen-bond acceptors (Lipinski definition) is 7. The number of nitrogens with zero attached hydrogens (tertiary/aromatic N) is 3. The zero-order valence-electron chi connectivity index (χ0n) is 17.5. The number of aromatic nitrogens is 4. The van der Waals surface area contributed by atoms with E-state index in [9.17, 15) is 0 Å². The summed E-state index contributed by atoms with van der Waals surface area (Å²) >= 11 is 0. The summed E-state index contributed by atoms with van der Waals surface area (Å²) in [5.41, 5.74) is 4.48. The van der Waals surface area contributed by atoms with Crippen molar-refractivity contribution in [2.24, 2.45) is 0 Å². The molecule has 0 aliphatic carbocycles. The van der Waals surface area contributed by atoms with E-state index in [-0.39, 0.29) is 6.10 Å². The van der Waals surface area contributed by atoms with Crippen LogP contribution in [0.1, 0.15) is 12.8 Å². The van der Waals surface area contributed by atoms with E-state index >= 15 is 0 Å². The highest BCUT2D eigenvalue weighted by Crippen LogP contribution is 2.36. The molecule has 4 heterocycles. The summed E-state index contributed by atoms with van der Waals surface area (Å²) in [6.45, 7) is 3.01. The fourth-order valence-corrected chi connectivity index (χ4v) is 4.22. The minimum atomic E-state index is 0.117. The summed E-state index contributed by atoms with van der Waals surface area (Å²) in [5, 5.41) is 12.0. The second-order valence-electron chi connectivity index (χ2n) is 8.02. The van der Waals surface area contributed by atoms with E-state index in [0.29, 0.717) is 24.8 Å². The number of ether oxygens (including phenoxy) is 3. The van der Waals surface area contributed by atoms with Crippen LogP contribution < -0.4 is 19.5 Å². The number of benzene rings is 2. The molecular formula is C24H23N5O3. The largest absolute Gasteiger partial charge is 0.486 e. The van der Waals surface area contributed by atoms with Gasteiger partial charge in [0.15, 0.2) is 11.5 Å². The monoisotopic (exact) mass is 429 g/mol. The van der Waals surface area contributed by atoms with Gasteiger partial charge in [0.1, 0.15) is 30.7 Å². The van der Waals surface area contributed by atoms with Gasteiger partial charge in [-0.2, -0.15) is 5.10 Å². The van der Waals surface area contributed by atoms with Gasteiger partial charge in [-0.05, 0) is 54.8 Å². The molecule has 2 aromatic carbocycles. The minimum Gasteiger partial charge on any atom is -0.486 e. The van der Waals surface area contributed by atoms with Crippen molar-refractivity contribution in [3.63, 3.8) is 0 Å². The fourth-order valence-electron chi connectivity index (χ4n) is 4.22. The van der Waals surface area contributed by atoms with Gasteiger partial charge < -0.3 is 19.5 Å². The first-order chi connectivity index (χ1) is 15.8. The smallest absolute Gasteiger partial charge is 0.233 e. The molecule has 6 rings (SSSR count). The van der Waals surface area contributed by atoms with Crippen molar-refractivity contribution >= 4 is 10.9 Å². The summed E-state index contributed by atoms with van der Waals surface area (Å²) in [6.07, 6.45) is 5.62. The standard InChI is InChI=1S/C24H23N5O3/c1-2-17(12-25-7-1)32-23-14-26-13-20(27-23)24-18-10-15(3-5-19(18)28-29-24)16-4-6-21-22(11-16)31-9-8-30-21/h3-6,10-11,13-14,17,25H,1-2,7-9,12H2,(H,28,29)/t17-/m1/s1. The average Bonchev–Trinajstić information content (AvgIpc) is 3.28. The molecule has 4 aromatic rings. The van der Waals surface area contributed by atoms with Gasteiger partial charge >= 0.3 is 0 Å². The number of hydrogen-bond donors (Lipinski definition) is 2. The quantitative estimate of drug-likeness (QED) is 0.512. The van der Waals surface area contributed by atoms with Gasteiger partial charge in [-0.3, -0.25) is 10.1 Å². The van der Waals surface area contributed by atoms with E-state index in [1.807, 2.05) is 24.3 Å². The minimum absolute atomic E-state index is 0.117. The lowest BCUT2D eigenvalue weighted by Gasteiger charge is -2.23. The lowest BCUT2D eigenvalue weighted by atomic mass is 10.0. The maximum atomic E-state index is 6.05. The molecule has 32 heavy (non-hydrogen) atoms. The molecule has 0 bridgehead atoms. The first kappa shape index (κ1) is 19.1. The molecular weight excluding hydrogens is 406 g/mol. The van der Waals surface area contributed by atoms with Crippen LogP contribution in [0.5, 0.6) is 17.4 Å². The molecule has 0 unspecified atom stereocenters. The van der Waals surface area contributed by atoms with Gasteiger partial charge in [0.05, 0.1) is 17.9 Å². The number of rotatable bonds is 4. The second-order valence-corrected chi connectivity index (χ2v) is 8.02. The van der Waals surface area contributed by atoms with Crippen LogP contribution in [0.2, 0.25) is 0 Å². The highest BCUT2D eigenvalue weighted by molar-refractivity contribution is 5.95. The lowest BCUT2D eigenvalue weighted by molar-refractivity contribution is 0.160. The first-order valence-electron chi connectivity index (χ1n) is 10.9. The van der Waals surface area contributed by atoms with Gasteiger partial charge in [-0.15, -0.1) is 0 Å². The highest BCUT2D eigenvalue weighted by atomic mass is 16.6. The number of H-pyrrole nitrogens is 1. The summed E-state index contributed by atoms with van der Waals surface area (Å²) in [5.74, 6) is 2.08. The number of piperidine rings is 1. The first-order valence-corrected chi connectivity index (χ1v) is 10.9. The Morgan fingerprint density at radius 2 is 1.84 bits per heavy atom. The van der Waals surface area contributed by atoms with Crippen molar-refractivity contribution in [2.45, 2.75) is 18.9 Å². The molecule has 162 valence electrons.